The Morgan fingerprint density at radius 3 is 2.50 bits per heavy atom. The van der Waals surface area contributed by atoms with Crippen molar-refractivity contribution in [2.24, 2.45) is 0 Å². The summed E-state index contributed by atoms with van der Waals surface area (Å²) in [7, 11) is 0. The van der Waals surface area contributed by atoms with Gasteiger partial charge in [0.2, 0.25) is 0 Å². The highest BCUT2D eigenvalue weighted by atomic mass is 19.4. The standard InChI is InChI=1S/C10H7F5N2O/c1-5-6(2-3-16)17-7(9(11)12)4-8(5)18-10(13,14)15/h4,9H,2H2,1H3. The van der Waals surface area contributed by atoms with Crippen LogP contribution in [0.1, 0.15) is 23.4 Å². The largest absolute Gasteiger partial charge is 0.573 e. The molecule has 0 aliphatic rings. The Morgan fingerprint density at radius 2 is 2.06 bits per heavy atom. The van der Waals surface area contributed by atoms with E-state index < -0.39 is 24.2 Å². The Kier molecular flexibility index (Phi) is 4.06. The van der Waals surface area contributed by atoms with E-state index in [2.05, 4.69) is 9.72 Å². The van der Waals surface area contributed by atoms with Gasteiger partial charge in [-0.1, -0.05) is 0 Å². The minimum atomic E-state index is -4.99. The molecular weight excluding hydrogens is 259 g/mol. The van der Waals surface area contributed by atoms with Crippen LogP contribution in [0.15, 0.2) is 6.07 Å². The van der Waals surface area contributed by atoms with Gasteiger partial charge < -0.3 is 4.74 Å². The Bertz CT molecular complexity index is 478. The SMILES string of the molecule is Cc1c(OC(F)(F)F)cc(C(F)F)nc1CC#N. The van der Waals surface area contributed by atoms with E-state index in [1.54, 1.807) is 6.07 Å². The number of halogens is 5. The molecular formula is C10H7F5N2O. The van der Waals surface area contributed by atoms with E-state index in [1.165, 1.54) is 6.92 Å². The summed E-state index contributed by atoms with van der Waals surface area (Å²) in [6.45, 7) is 1.22. The van der Waals surface area contributed by atoms with E-state index in [4.69, 9.17) is 5.26 Å². The van der Waals surface area contributed by atoms with Crippen molar-refractivity contribution in [2.75, 3.05) is 0 Å². The number of pyridine rings is 1. The third kappa shape index (κ3) is 3.55. The van der Waals surface area contributed by atoms with Crippen LogP contribution in [-0.2, 0) is 6.42 Å². The molecule has 98 valence electrons. The normalized spacial score (nSPS) is 11.4. The van der Waals surface area contributed by atoms with Crippen molar-refractivity contribution >= 4 is 0 Å². The van der Waals surface area contributed by atoms with Gasteiger partial charge in [-0.25, -0.2) is 8.78 Å². The lowest BCUT2D eigenvalue weighted by Crippen LogP contribution is -2.18. The van der Waals surface area contributed by atoms with Gasteiger partial charge in [0.05, 0.1) is 18.2 Å². The van der Waals surface area contributed by atoms with E-state index in [0.717, 1.165) is 0 Å². The predicted molar refractivity (Wildman–Crippen MR) is 49.9 cm³/mol. The third-order valence-electron chi connectivity index (χ3n) is 2.04. The zero-order valence-electron chi connectivity index (χ0n) is 9.05. The van der Waals surface area contributed by atoms with Crippen molar-refractivity contribution in [1.82, 2.24) is 4.98 Å². The third-order valence-corrected chi connectivity index (χ3v) is 2.04. The van der Waals surface area contributed by atoms with Crippen LogP contribution in [0.5, 0.6) is 5.75 Å². The monoisotopic (exact) mass is 266 g/mol. The Labute approximate surface area is 98.8 Å². The van der Waals surface area contributed by atoms with E-state index in [0.29, 0.717) is 6.07 Å². The summed E-state index contributed by atoms with van der Waals surface area (Å²) in [6, 6.07) is 2.16. The molecule has 0 amide bonds. The van der Waals surface area contributed by atoms with E-state index >= 15 is 0 Å². The van der Waals surface area contributed by atoms with Crippen molar-refractivity contribution in [3.8, 4) is 11.8 Å². The lowest BCUT2D eigenvalue weighted by molar-refractivity contribution is -0.274. The second-order valence-corrected chi connectivity index (χ2v) is 3.30. The molecule has 0 radical (unpaired) electrons. The predicted octanol–water partition coefficient (Wildman–Crippen LogP) is 3.29. The van der Waals surface area contributed by atoms with Gasteiger partial charge in [-0.05, 0) is 6.92 Å². The fraction of sp³-hybridized carbons (Fsp3) is 0.400. The lowest BCUT2D eigenvalue weighted by atomic mass is 10.1. The first-order valence-corrected chi connectivity index (χ1v) is 4.66. The Morgan fingerprint density at radius 1 is 1.44 bits per heavy atom. The Hall–Kier alpha value is -1.91. The Balaban J connectivity index is 3.27. The van der Waals surface area contributed by atoms with Gasteiger partial charge in [0.25, 0.3) is 6.43 Å². The number of hydrogen-bond acceptors (Lipinski definition) is 3. The first kappa shape index (κ1) is 14.2. The van der Waals surface area contributed by atoms with Gasteiger partial charge in [0.15, 0.2) is 0 Å². The average molecular weight is 266 g/mol. The van der Waals surface area contributed by atoms with Crippen molar-refractivity contribution in [3.05, 3.63) is 23.0 Å². The number of aromatic nitrogens is 1. The highest BCUT2D eigenvalue weighted by Crippen LogP contribution is 2.31. The van der Waals surface area contributed by atoms with Crippen LogP contribution < -0.4 is 4.74 Å². The molecule has 0 fully saturated rings. The molecule has 3 nitrogen and oxygen atoms in total. The maximum atomic E-state index is 12.4. The quantitative estimate of drug-likeness (QED) is 0.788. The molecule has 18 heavy (non-hydrogen) atoms. The summed E-state index contributed by atoms with van der Waals surface area (Å²) in [4.78, 5) is 3.43. The number of hydrogen-bond donors (Lipinski definition) is 0. The summed E-state index contributed by atoms with van der Waals surface area (Å²) >= 11 is 0. The number of alkyl halides is 5. The molecule has 0 aliphatic carbocycles. The highest BCUT2D eigenvalue weighted by molar-refractivity contribution is 5.39. The molecule has 0 saturated carbocycles. The lowest BCUT2D eigenvalue weighted by Gasteiger charge is -2.14. The minimum Gasteiger partial charge on any atom is -0.405 e. The smallest absolute Gasteiger partial charge is 0.405 e. The molecule has 8 heteroatoms. The number of ether oxygens (including phenoxy) is 1. The average Bonchev–Trinajstić information content (AvgIpc) is 2.21. The molecule has 0 aliphatic heterocycles. The summed E-state index contributed by atoms with van der Waals surface area (Å²) in [5.41, 5.74) is -1.10. The second-order valence-electron chi connectivity index (χ2n) is 3.30. The topological polar surface area (TPSA) is 45.9 Å². The molecule has 1 aromatic rings. The van der Waals surface area contributed by atoms with Crippen molar-refractivity contribution in [2.45, 2.75) is 26.1 Å². The molecule has 1 rings (SSSR count). The summed E-state index contributed by atoms with van der Waals surface area (Å²) in [5, 5.41) is 8.46. The van der Waals surface area contributed by atoms with Gasteiger partial charge in [-0.15, -0.1) is 13.2 Å². The van der Waals surface area contributed by atoms with Crippen LogP contribution in [0.25, 0.3) is 0 Å². The van der Waals surface area contributed by atoms with Gasteiger partial charge in [0, 0.05) is 11.6 Å². The summed E-state index contributed by atoms with van der Waals surface area (Å²) < 4.78 is 64.8. The molecule has 0 unspecified atom stereocenters. The van der Waals surface area contributed by atoms with Crippen LogP contribution in [0.3, 0.4) is 0 Å². The van der Waals surface area contributed by atoms with Crippen LogP contribution in [-0.4, -0.2) is 11.3 Å². The maximum Gasteiger partial charge on any atom is 0.573 e. The van der Waals surface area contributed by atoms with E-state index in [-0.39, 0.29) is 17.7 Å². The maximum absolute atomic E-state index is 12.4. The highest BCUT2D eigenvalue weighted by Gasteiger charge is 2.32. The number of nitriles is 1. The van der Waals surface area contributed by atoms with Crippen LogP contribution in [0, 0.1) is 18.3 Å². The second kappa shape index (κ2) is 5.16. The summed E-state index contributed by atoms with van der Waals surface area (Å²) in [6.07, 6.45) is -8.41. The van der Waals surface area contributed by atoms with Crippen LogP contribution in [0.2, 0.25) is 0 Å². The molecule has 0 atom stereocenters. The number of nitrogens with zero attached hydrogens (tertiary/aromatic N) is 2. The zero-order valence-corrected chi connectivity index (χ0v) is 9.05. The fourth-order valence-corrected chi connectivity index (χ4v) is 1.25. The van der Waals surface area contributed by atoms with Crippen molar-refractivity contribution in [1.29, 1.82) is 5.26 Å². The van der Waals surface area contributed by atoms with Crippen LogP contribution in [0.4, 0.5) is 22.0 Å². The number of rotatable bonds is 3. The molecule has 0 aromatic carbocycles. The molecule has 0 bridgehead atoms. The van der Waals surface area contributed by atoms with Crippen molar-refractivity contribution in [3.63, 3.8) is 0 Å². The van der Waals surface area contributed by atoms with Gasteiger partial charge in [0.1, 0.15) is 11.4 Å². The molecule has 0 spiro atoms. The minimum absolute atomic E-state index is 0.0849. The van der Waals surface area contributed by atoms with Crippen LogP contribution >= 0.6 is 0 Å². The van der Waals surface area contributed by atoms with Gasteiger partial charge in [-0.3, -0.25) is 4.98 Å². The molecule has 1 aromatic heterocycles. The van der Waals surface area contributed by atoms with Crippen molar-refractivity contribution < 1.29 is 26.7 Å². The first-order chi connectivity index (χ1) is 8.24. The first-order valence-electron chi connectivity index (χ1n) is 4.66. The molecule has 1 heterocycles. The van der Waals surface area contributed by atoms with Gasteiger partial charge in [-0.2, -0.15) is 5.26 Å². The van der Waals surface area contributed by atoms with E-state index in [1.807, 2.05) is 0 Å². The fourth-order valence-electron chi connectivity index (χ4n) is 1.25. The van der Waals surface area contributed by atoms with E-state index in [9.17, 15) is 22.0 Å². The summed E-state index contributed by atoms with van der Waals surface area (Å²) in [5.74, 6) is -0.766. The molecule has 0 saturated heterocycles. The zero-order chi connectivity index (χ0) is 13.9. The van der Waals surface area contributed by atoms with Gasteiger partial charge >= 0.3 is 6.36 Å². The molecule has 0 N–H and O–H groups in total.